The number of unbranched alkanes of at least 4 members (excludes halogenated alkanes) is 3. The number of ketones is 2. The van der Waals surface area contributed by atoms with Crippen LogP contribution in [0, 0.1) is 0 Å². The average molecular weight is 372 g/mol. The zero-order valence-corrected chi connectivity index (χ0v) is 15.2. The summed E-state index contributed by atoms with van der Waals surface area (Å²) in [5.41, 5.74) is 1.20. The molecular formula is C20H24N2O5. The Kier molecular flexibility index (Phi) is 6.01. The molecule has 1 unspecified atom stereocenters. The van der Waals surface area contributed by atoms with Gasteiger partial charge in [-0.1, -0.05) is 18.9 Å². The van der Waals surface area contributed by atoms with Crippen molar-refractivity contribution in [1.82, 2.24) is 4.90 Å². The van der Waals surface area contributed by atoms with E-state index in [2.05, 4.69) is 5.32 Å². The Morgan fingerprint density at radius 3 is 2.56 bits per heavy atom. The molecule has 1 aromatic carbocycles. The molecule has 0 saturated heterocycles. The summed E-state index contributed by atoms with van der Waals surface area (Å²) < 4.78 is 0. The van der Waals surface area contributed by atoms with Crippen LogP contribution in [-0.2, 0) is 9.59 Å². The highest BCUT2D eigenvalue weighted by Crippen LogP contribution is 2.33. The van der Waals surface area contributed by atoms with E-state index >= 15 is 0 Å². The smallest absolute Gasteiger partial charge is 0.264 e. The number of benzene rings is 1. The Balaban J connectivity index is 1.72. The van der Waals surface area contributed by atoms with Crippen molar-refractivity contribution in [2.75, 3.05) is 18.5 Å². The first-order chi connectivity index (χ1) is 13.0. The Hall–Kier alpha value is -2.54. The number of carbonyl (C=O) groups excluding carboxylic acids is 4. The summed E-state index contributed by atoms with van der Waals surface area (Å²) >= 11 is 0. The molecular weight excluding hydrogens is 348 g/mol. The number of aliphatic hydroxyl groups excluding tert-OH is 1. The zero-order valence-electron chi connectivity index (χ0n) is 15.2. The third-order valence-electron chi connectivity index (χ3n) is 5.10. The van der Waals surface area contributed by atoms with Crippen LogP contribution in [0.25, 0.3) is 0 Å². The van der Waals surface area contributed by atoms with Gasteiger partial charge in [-0.25, -0.2) is 0 Å². The molecule has 2 N–H and O–H groups in total. The molecule has 1 aliphatic heterocycles. The van der Waals surface area contributed by atoms with E-state index in [-0.39, 0.29) is 37.4 Å². The predicted molar refractivity (Wildman–Crippen MR) is 98.6 cm³/mol. The number of rotatable bonds is 8. The van der Waals surface area contributed by atoms with E-state index in [9.17, 15) is 19.2 Å². The van der Waals surface area contributed by atoms with Gasteiger partial charge in [-0.05, 0) is 31.4 Å². The second-order valence-electron chi connectivity index (χ2n) is 7.01. The van der Waals surface area contributed by atoms with Gasteiger partial charge < -0.3 is 10.4 Å². The zero-order chi connectivity index (χ0) is 19.4. The van der Waals surface area contributed by atoms with Crippen molar-refractivity contribution in [3.63, 3.8) is 0 Å². The normalized spacial score (nSPS) is 19.6. The topological polar surface area (TPSA) is 104 Å². The fraction of sp³-hybridized carbons (Fsp3) is 0.500. The van der Waals surface area contributed by atoms with Gasteiger partial charge in [0.15, 0.2) is 5.78 Å². The fourth-order valence-electron chi connectivity index (χ4n) is 3.68. The maximum Gasteiger partial charge on any atom is 0.264 e. The molecule has 0 spiro atoms. The Morgan fingerprint density at radius 2 is 1.81 bits per heavy atom. The highest BCUT2D eigenvalue weighted by molar-refractivity contribution is 6.25. The maximum atomic E-state index is 12.9. The first-order valence-electron chi connectivity index (χ1n) is 9.44. The third kappa shape index (κ3) is 3.93. The van der Waals surface area contributed by atoms with E-state index < -0.39 is 17.9 Å². The van der Waals surface area contributed by atoms with Crippen molar-refractivity contribution in [3.8, 4) is 0 Å². The standard InChI is InChI=1S/C20H24N2O5/c23-11-4-2-1-3-10-21-15-7-5-6-14-18(15)20(27)22(19(14)26)16-9-8-13(24)12-17(16)25/h5-7,16,21,23H,1-4,8-12H2. The minimum atomic E-state index is -0.846. The van der Waals surface area contributed by atoms with E-state index in [1.54, 1.807) is 18.2 Å². The van der Waals surface area contributed by atoms with Crippen LogP contribution in [0.1, 0.15) is 65.7 Å². The molecule has 0 bridgehead atoms. The molecule has 27 heavy (non-hydrogen) atoms. The number of aliphatic hydroxyl groups is 1. The Labute approximate surface area is 157 Å². The van der Waals surface area contributed by atoms with Crippen LogP contribution in [0.2, 0.25) is 0 Å². The number of amides is 2. The average Bonchev–Trinajstić information content (AvgIpc) is 2.90. The van der Waals surface area contributed by atoms with E-state index in [0.717, 1.165) is 30.6 Å². The van der Waals surface area contributed by atoms with Gasteiger partial charge in [0, 0.05) is 25.3 Å². The fourth-order valence-corrected chi connectivity index (χ4v) is 3.68. The molecule has 1 atom stereocenters. The summed E-state index contributed by atoms with van der Waals surface area (Å²) in [4.78, 5) is 50.4. The third-order valence-corrected chi connectivity index (χ3v) is 5.10. The summed E-state index contributed by atoms with van der Waals surface area (Å²) in [5.74, 6) is -1.43. The van der Waals surface area contributed by atoms with Crippen molar-refractivity contribution in [2.45, 2.75) is 51.0 Å². The molecule has 144 valence electrons. The lowest BCUT2D eigenvalue weighted by Crippen LogP contribution is -2.47. The molecule has 3 rings (SSSR count). The van der Waals surface area contributed by atoms with Crippen LogP contribution in [0.4, 0.5) is 5.69 Å². The van der Waals surface area contributed by atoms with Gasteiger partial charge in [0.2, 0.25) is 0 Å². The quantitative estimate of drug-likeness (QED) is 0.411. The van der Waals surface area contributed by atoms with Gasteiger partial charge in [0.25, 0.3) is 11.8 Å². The minimum absolute atomic E-state index is 0.142. The number of anilines is 1. The number of hydrogen-bond acceptors (Lipinski definition) is 6. The molecule has 7 nitrogen and oxygen atoms in total. The second kappa shape index (κ2) is 8.43. The van der Waals surface area contributed by atoms with Crippen molar-refractivity contribution in [3.05, 3.63) is 29.3 Å². The molecule has 1 fully saturated rings. The van der Waals surface area contributed by atoms with Crippen molar-refractivity contribution in [2.24, 2.45) is 0 Å². The van der Waals surface area contributed by atoms with Crippen LogP contribution in [-0.4, -0.2) is 52.6 Å². The SMILES string of the molecule is O=C1CCC(N2C(=O)c3cccc(NCCCCCCO)c3C2=O)C(=O)C1. The number of fused-ring (bicyclic) bond motifs is 1. The molecule has 2 amide bonds. The van der Waals surface area contributed by atoms with E-state index in [0.29, 0.717) is 23.4 Å². The van der Waals surface area contributed by atoms with E-state index in [1.807, 2.05) is 0 Å². The summed E-state index contributed by atoms with van der Waals surface area (Å²) in [7, 11) is 0. The number of hydrogen-bond donors (Lipinski definition) is 2. The lowest BCUT2D eigenvalue weighted by Gasteiger charge is -2.27. The molecule has 7 heteroatoms. The van der Waals surface area contributed by atoms with Crippen molar-refractivity contribution >= 4 is 29.1 Å². The molecule has 1 aliphatic carbocycles. The van der Waals surface area contributed by atoms with Crippen LogP contribution in [0.15, 0.2) is 18.2 Å². The highest BCUT2D eigenvalue weighted by Gasteiger charge is 2.45. The number of Topliss-reactive ketones (excluding diaryl/α,β-unsaturated/α-hetero) is 2. The summed E-state index contributed by atoms with van der Waals surface area (Å²) in [6, 6.07) is 4.23. The first kappa shape index (κ1) is 19.2. The summed E-state index contributed by atoms with van der Waals surface area (Å²) in [6.45, 7) is 0.845. The largest absolute Gasteiger partial charge is 0.396 e. The first-order valence-corrected chi connectivity index (χ1v) is 9.44. The lowest BCUT2D eigenvalue weighted by atomic mass is 9.92. The van der Waals surface area contributed by atoms with Crippen molar-refractivity contribution in [1.29, 1.82) is 0 Å². The maximum absolute atomic E-state index is 12.9. The molecule has 1 saturated carbocycles. The Bertz CT molecular complexity index is 774. The predicted octanol–water partition coefficient (Wildman–Crippen LogP) is 1.94. The number of nitrogens with zero attached hydrogens (tertiary/aromatic N) is 1. The Morgan fingerprint density at radius 1 is 1.04 bits per heavy atom. The van der Waals surface area contributed by atoms with Crippen molar-refractivity contribution < 1.29 is 24.3 Å². The minimum Gasteiger partial charge on any atom is -0.396 e. The van der Waals surface area contributed by atoms with Gasteiger partial charge in [0.05, 0.1) is 23.6 Å². The highest BCUT2D eigenvalue weighted by atomic mass is 16.3. The monoisotopic (exact) mass is 372 g/mol. The summed E-state index contributed by atoms with van der Waals surface area (Å²) in [5, 5.41) is 12.0. The van der Waals surface area contributed by atoms with Crippen LogP contribution in [0.5, 0.6) is 0 Å². The number of carbonyl (C=O) groups is 4. The van der Waals surface area contributed by atoms with E-state index in [1.165, 1.54) is 0 Å². The molecule has 0 aromatic heterocycles. The van der Waals surface area contributed by atoms with Crippen LogP contribution < -0.4 is 5.32 Å². The lowest BCUT2D eigenvalue weighted by molar-refractivity contribution is -0.132. The number of imide groups is 1. The van der Waals surface area contributed by atoms with Gasteiger partial charge in [0.1, 0.15) is 5.78 Å². The van der Waals surface area contributed by atoms with Gasteiger partial charge >= 0.3 is 0 Å². The van der Waals surface area contributed by atoms with Gasteiger partial charge in [-0.3, -0.25) is 24.1 Å². The molecule has 0 radical (unpaired) electrons. The van der Waals surface area contributed by atoms with Gasteiger partial charge in [-0.2, -0.15) is 0 Å². The van der Waals surface area contributed by atoms with E-state index in [4.69, 9.17) is 5.11 Å². The molecule has 2 aliphatic rings. The van der Waals surface area contributed by atoms with Crippen LogP contribution in [0.3, 0.4) is 0 Å². The second-order valence-corrected chi connectivity index (χ2v) is 7.01. The summed E-state index contributed by atoms with van der Waals surface area (Å²) in [6.07, 6.45) is 3.78. The molecule has 1 aromatic rings. The molecule has 1 heterocycles. The number of nitrogens with one attached hydrogen (secondary N) is 1. The van der Waals surface area contributed by atoms with Crippen LogP contribution >= 0.6 is 0 Å². The van der Waals surface area contributed by atoms with Gasteiger partial charge in [-0.15, -0.1) is 0 Å².